The quantitative estimate of drug-likeness (QED) is 0.563. The van der Waals surface area contributed by atoms with Crippen molar-refractivity contribution in [1.82, 2.24) is 0 Å². The molecule has 1 saturated heterocycles. The molecule has 0 saturated carbocycles. The third-order valence-corrected chi connectivity index (χ3v) is 4.48. The minimum Gasteiger partial charge on any atom is -0.493 e. The Labute approximate surface area is 169 Å². The molecule has 3 rings (SSSR count). The maximum absolute atomic E-state index is 12.5. The Kier molecular flexibility index (Phi) is 6.66. The monoisotopic (exact) mass is 399 g/mol. The number of hydrogen-bond donors (Lipinski definition) is 1. The molecule has 0 atom stereocenters. The van der Waals surface area contributed by atoms with Crippen LogP contribution < -0.4 is 15.0 Å². The molecule has 0 bridgehead atoms. The molecule has 1 amide bonds. The molecule has 0 aliphatic carbocycles. The molecule has 0 unspecified atom stereocenters. The van der Waals surface area contributed by atoms with Gasteiger partial charge in [0.15, 0.2) is 0 Å². The summed E-state index contributed by atoms with van der Waals surface area (Å²) in [5.74, 6) is 0.767. The molecule has 0 radical (unpaired) electrons. The number of hydrogen-bond acceptors (Lipinski definition) is 6. The Morgan fingerprint density at radius 1 is 1.21 bits per heavy atom. The molecule has 1 aliphatic rings. The molecule has 2 aromatic rings. The SMILES string of the molecule is CC(C)COc1ccc(C(=O)Nc2ccc(N3CCOCC3)c([N+](=O)[O-])c2)cc1. The van der Waals surface area contributed by atoms with Crippen LogP contribution in [0.15, 0.2) is 42.5 Å². The first-order valence-electron chi connectivity index (χ1n) is 9.59. The number of morpholine rings is 1. The van der Waals surface area contributed by atoms with Crippen LogP contribution in [0.4, 0.5) is 17.1 Å². The number of carbonyl (C=O) groups excluding carboxylic acids is 1. The average molecular weight is 399 g/mol. The second-order valence-corrected chi connectivity index (χ2v) is 7.24. The summed E-state index contributed by atoms with van der Waals surface area (Å²) < 4.78 is 10.9. The zero-order valence-corrected chi connectivity index (χ0v) is 16.6. The average Bonchev–Trinajstić information content (AvgIpc) is 2.73. The number of nitro benzene ring substituents is 1. The molecule has 0 spiro atoms. The number of carbonyl (C=O) groups is 1. The molecule has 29 heavy (non-hydrogen) atoms. The van der Waals surface area contributed by atoms with E-state index in [0.29, 0.717) is 61.5 Å². The lowest BCUT2D eigenvalue weighted by molar-refractivity contribution is -0.384. The summed E-state index contributed by atoms with van der Waals surface area (Å²) in [6.45, 7) is 6.98. The normalized spacial score (nSPS) is 14.0. The molecule has 1 fully saturated rings. The van der Waals surface area contributed by atoms with E-state index in [1.54, 1.807) is 36.4 Å². The van der Waals surface area contributed by atoms with E-state index in [1.165, 1.54) is 6.07 Å². The van der Waals surface area contributed by atoms with Crippen LogP contribution in [0.25, 0.3) is 0 Å². The van der Waals surface area contributed by atoms with Crippen molar-refractivity contribution < 1.29 is 19.2 Å². The van der Waals surface area contributed by atoms with E-state index >= 15 is 0 Å². The highest BCUT2D eigenvalue weighted by Crippen LogP contribution is 2.32. The third-order valence-electron chi connectivity index (χ3n) is 4.48. The smallest absolute Gasteiger partial charge is 0.294 e. The maximum atomic E-state index is 12.5. The fraction of sp³-hybridized carbons (Fsp3) is 0.381. The lowest BCUT2D eigenvalue weighted by atomic mass is 10.1. The van der Waals surface area contributed by atoms with Gasteiger partial charge in [-0.2, -0.15) is 0 Å². The summed E-state index contributed by atoms with van der Waals surface area (Å²) in [6, 6.07) is 11.5. The topological polar surface area (TPSA) is 93.9 Å². The summed E-state index contributed by atoms with van der Waals surface area (Å²) in [5.41, 5.74) is 1.31. The predicted molar refractivity (Wildman–Crippen MR) is 111 cm³/mol. The van der Waals surface area contributed by atoms with Crippen molar-refractivity contribution in [2.75, 3.05) is 43.1 Å². The van der Waals surface area contributed by atoms with Gasteiger partial charge in [0.05, 0.1) is 24.7 Å². The van der Waals surface area contributed by atoms with E-state index in [1.807, 2.05) is 4.90 Å². The Balaban J connectivity index is 1.71. The first-order chi connectivity index (χ1) is 13.9. The van der Waals surface area contributed by atoms with Gasteiger partial charge in [0, 0.05) is 30.4 Å². The Hall–Kier alpha value is -3.13. The van der Waals surface area contributed by atoms with Crippen molar-refractivity contribution in [1.29, 1.82) is 0 Å². The Morgan fingerprint density at radius 3 is 2.52 bits per heavy atom. The van der Waals surface area contributed by atoms with Gasteiger partial charge < -0.3 is 19.7 Å². The number of anilines is 2. The summed E-state index contributed by atoms with van der Waals surface area (Å²) in [6.07, 6.45) is 0. The third kappa shape index (κ3) is 5.45. The largest absolute Gasteiger partial charge is 0.493 e. The van der Waals surface area contributed by atoms with Crippen molar-refractivity contribution in [3.63, 3.8) is 0 Å². The summed E-state index contributed by atoms with van der Waals surface area (Å²) in [5, 5.41) is 14.3. The minimum absolute atomic E-state index is 0.0397. The number of amides is 1. The van der Waals surface area contributed by atoms with Gasteiger partial charge in [-0.05, 0) is 42.3 Å². The highest BCUT2D eigenvalue weighted by molar-refractivity contribution is 6.04. The van der Waals surface area contributed by atoms with Gasteiger partial charge in [-0.25, -0.2) is 0 Å². The van der Waals surface area contributed by atoms with Crippen molar-refractivity contribution in [3.05, 3.63) is 58.1 Å². The van der Waals surface area contributed by atoms with Gasteiger partial charge >= 0.3 is 0 Å². The number of benzene rings is 2. The number of ether oxygens (including phenoxy) is 2. The van der Waals surface area contributed by atoms with E-state index in [2.05, 4.69) is 19.2 Å². The van der Waals surface area contributed by atoms with Crippen molar-refractivity contribution >= 4 is 23.0 Å². The van der Waals surface area contributed by atoms with Gasteiger partial charge in [-0.15, -0.1) is 0 Å². The Bertz CT molecular complexity index is 861. The second kappa shape index (κ2) is 9.38. The van der Waals surface area contributed by atoms with Gasteiger partial charge in [0.2, 0.25) is 0 Å². The van der Waals surface area contributed by atoms with E-state index in [-0.39, 0.29) is 11.6 Å². The minimum atomic E-state index is -0.429. The van der Waals surface area contributed by atoms with Crippen LogP contribution in [0.5, 0.6) is 5.75 Å². The maximum Gasteiger partial charge on any atom is 0.294 e. The predicted octanol–water partition coefficient (Wildman–Crippen LogP) is 3.72. The number of nitrogens with one attached hydrogen (secondary N) is 1. The molecule has 8 nitrogen and oxygen atoms in total. The lowest BCUT2D eigenvalue weighted by Crippen LogP contribution is -2.36. The molecule has 1 N–H and O–H groups in total. The fourth-order valence-corrected chi connectivity index (χ4v) is 2.99. The van der Waals surface area contributed by atoms with Crippen molar-refractivity contribution in [2.45, 2.75) is 13.8 Å². The van der Waals surface area contributed by atoms with Crippen LogP contribution in [0.2, 0.25) is 0 Å². The molecule has 2 aromatic carbocycles. The van der Waals surface area contributed by atoms with E-state index in [9.17, 15) is 14.9 Å². The molecule has 8 heteroatoms. The van der Waals surface area contributed by atoms with Crippen molar-refractivity contribution in [3.8, 4) is 5.75 Å². The van der Waals surface area contributed by atoms with E-state index in [0.717, 1.165) is 0 Å². The lowest BCUT2D eigenvalue weighted by Gasteiger charge is -2.28. The number of rotatable bonds is 7. The fourth-order valence-electron chi connectivity index (χ4n) is 2.99. The van der Waals surface area contributed by atoms with E-state index in [4.69, 9.17) is 9.47 Å². The molecular formula is C21H25N3O5. The summed E-state index contributed by atoms with van der Waals surface area (Å²) >= 11 is 0. The van der Waals surface area contributed by atoms with Crippen LogP contribution in [-0.4, -0.2) is 43.7 Å². The zero-order chi connectivity index (χ0) is 20.8. The van der Waals surface area contributed by atoms with Crippen LogP contribution in [0.3, 0.4) is 0 Å². The van der Waals surface area contributed by atoms with Crippen LogP contribution >= 0.6 is 0 Å². The number of nitro groups is 1. The van der Waals surface area contributed by atoms with Gasteiger partial charge in [-0.1, -0.05) is 13.8 Å². The molecular weight excluding hydrogens is 374 g/mol. The van der Waals surface area contributed by atoms with Gasteiger partial charge in [-0.3, -0.25) is 14.9 Å². The van der Waals surface area contributed by atoms with E-state index < -0.39 is 4.92 Å². The first kappa shape index (κ1) is 20.6. The van der Waals surface area contributed by atoms with Crippen molar-refractivity contribution in [2.24, 2.45) is 5.92 Å². The first-order valence-corrected chi connectivity index (χ1v) is 9.59. The molecule has 1 heterocycles. The van der Waals surface area contributed by atoms with Gasteiger partial charge in [0.1, 0.15) is 11.4 Å². The number of nitrogens with zero attached hydrogens (tertiary/aromatic N) is 2. The molecule has 1 aliphatic heterocycles. The highest BCUT2D eigenvalue weighted by Gasteiger charge is 2.22. The second-order valence-electron chi connectivity index (χ2n) is 7.24. The zero-order valence-electron chi connectivity index (χ0n) is 16.6. The molecule has 0 aromatic heterocycles. The van der Waals surface area contributed by atoms with Crippen LogP contribution in [0.1, 0.15) is 24.2 Å². The van der Waals surface area contributed by atoms with Gasteiger partial charge in [0.25, 0.3) is 11.6 Å². The Morgan fingerprint density at radius 2 is 1.90 bits per heavy atom. The highest BCUT2D eigenvalue weighted by atomic mass is 16.6. The van der Waals surface area contributed by atoms with Crippen LogP contribution in [0, 0.1) is 16.0 Å². The summed E-state index contributed by atoms with van der Waals surface area (Å²) in [7, 11) is 0. The summed E-state index contributed by atoms with van der Waals surface area (Å²) in [4.78, 5) is 25.5. The standard InChI is InChI=1S/C21H25N3O5/c1-15(2)14-29-18-6-3-16(4-7-18)21(25)22-17-5-8-19(20(13-17)24(26)27)23-9-11-28-12-10-23/h3-8,13,15H,9-12,14H2,1-2H3,(H,22,25). The molecule has 154 valence electrons. The van der Waals surface area contributed by atoms with Crippen LogP contribution in [-0.2, 0) is 4.74 Å².